The van der Waals surface area contributed by atoms with Crippen LogP contribution >= 0.6 is 0 Å². The number of carbonyl (C=O) groups excluding carboxylic acids is 1. The number of hydrogen-bond acceptors (Lipinski definition) is 5. The fourth-order valence-corrected chi connectivity index (χ4v) is 4.61. The number of anilines is 1. The third-order valence-corrected chi connectivity index (χ3v) is 6.38. The summed E-state index contributed by atoms with van der Waals surface area (Å²) in [5.74, 6) is 0.460. The molecule has 176 valence electrons. The van der Waals surface area contributed by atoms with Gasteiger partial charge in [0.1, 0.15) is 23.4 Å². The number of aromatic amines is 1. The third-order valence-electron chi connectivity index (χ3n) is 6.38. The normalized spacial score (nSPS) is 15.2. The molecule has 0 bridgehead atoms. The number of rotatable bonds is 7. The second kappa shape index (κ2) is 9.47. The van der Waals surface area contributed by atoms with Gasteiger partial charge in [-0.25, -0.2) is 9.37 Å². The Kier molecular flexibility index (Phi) is 6.06. The van der Waals surface area contributed by atoms with Crippen molar-refractivity contribution < 1.29 is 14.3 Å². The zero-order valence-electron chi connectivity index (χ0n) is 19.0. The number of hydrogen-bond donors (Lipinski definition) is 3. The molecule has 2 heterocycles. The molecule has 1 aromatic heterocycles. The van der Waals surface area contributed by atoms with Gasteiger partial charge in [-0.05, 0) is 54.1 Å². The van der Waals surface area contributed by atoms with E-state index in [4.69, 9.17) is 5.26 Å². The maximum Gasteiger partial charge on any atom is 0.242 e. The number of phenols is 1. The SMILES string of the molecule is N#Cc1ccc(CCc2ncc(CN(c3cccc4ccc(O)cc34)C3CCNC3=O)[nH]2)c(F)c1. The molecule has 0 radical (unpaired) electrons. The van der Waals surface area contributed by atoms with Crippen molar-refractivity contribution in [2.45, 2.75) is 31.8 Å². The molecule has 1 saturated heterocycles. The van der Waals surface area contributed by atoms with Crippen molar-refractivity contribution in [1.29, 1.82) is 5.26 Å². The van der Waals surface area contributed by atoms with Gasteiger partial charge in [0.05, 0.1) is 30.1 Å². The highest BCUT2D eigenvalue weighted by Gasteiger charge is 2.31. The minimum absolute atomic E-state index is 0.0295. The van der Waals surface area contributed by atoms with E-state index in [1.165, 1.54) is 6.07 Å². The Labute approximate surface area is 201 Å². The van der Waals surface area contributed by atoms with E-state index in [1.807, 2.05) is 35.2 Å². The van der Waals surface area contributed by atoms with E-state index in [1.54, 1.807) is 30.5 Å². The van der Waals surface area contributed by atoms with Gasteiger partial charge >= 0.3 is 0 Å². The smallest absolute Gasteiger partial charge is 0.242 e. The summed E-state index contributed by atoms with van der Waals surface area (Å²) in [7, 11) is 0. The highest BCUT2D eigenvalue weighted by molar-refractivity contribution is 5.97. The number of imidazole rings is 1. The van der Waals surface area contributed by atoms with Crippen LogP contribution in [0.25, 0.3) is 10.8 Å². The molecule has 5 rings (SSSR count). The summed E-state index contributed by atoms with van der Waals surface area (Å²) in [5, 5.41) is 23.7. The molecule has 4 aromatic rings. The van der Waals surface area contributed by atoms with Crippen molar-refractivity contribution in [3.05, 3.63) is 89.3 Å². The lowest BCUT2D eigenvalue weighted by atomic mass is 10.0. The van der Waals surface area contributed by atoms with Crippen molar-refractivity contribution in [3.63, 3.8) is 0 Å². The number of nitriles is 1. The zero-order chi connectivity index (χ0) is 24.4. The Morgan fingerprint density at radius 1 is 1.17 bits per heavy atom. The predicted octanol–water partition coefficient (Wildman–Crippen LogP) is 3.96. The van der Waals surface area contributed by atoms with E-state index < -0.39 is 5.82 Å². The number of fused-ring (bicyclic) bond motifs is 1. The number of aryl methyl sites for hydroxylation is 2. The molecule has 0 saturated carbocycles. The van der Waals surface area contributed by atoms with Gasteiger partial charge in [-0.1, -0.05) is 24.3 Å². The molecule has 1 aliphatic heterocycles. The van der Waals surface area contributed by atoms with E-state index >= 15 is 0 Å². The summed E-state index contributed by atoms with van der Waals surface area (Å²) in [4.78, 5) is 22.5. The van der Waals surface area contributed by atoms with Crippen LogP contribution in [-0.4, -0.2) is 33.6 Å². The van der Waals surface area contributed by atoms with Gasteiger partial charge in [-0.3, -0.25) is 4.79 Å². The minimum atomic E-state index is -0.395. The number of carbonyl (C=O) groups is 1. The molecule has 7 nitrogen and oxygen atoms in total. The Morgan fingerprint density at radius 3 is 2.83 bits per heavy atom. The Hall–Kier alpha value is -4.38. The lowest BCUT2D eigenvalue weighted by Gasteiger charge is -2.30. The molecule has 3 aromatic carbocycles. The maximum absolute atomic E-state index is 14.2. The van der Waals surface area contributed by atoms with Crippen molar-refractivity contribution in [2.75, 3.05) is 11.4 Å². The fourth-order valence-electron chi connectivity index (χ4n) is 4.61. The molecular weight excluding hydrogens is 445 g/mol. The number of amides is 1. The topological polar surface area (TPSA) is 105 Å². The van der Waals surface area contributed by atoms with Gasteiger partial charge in [0.15, 0.2) is 0 Å². The van der Waals surface area contributed by atoms with Gasteiger partial charge in [-0.2, -0.15) is 5.26 Å². The first kappa shape index (κ1) is 22.4. The van der Waals surface area contributed by atoms with Crippen LogP contribution in [0.5, 0.6) is 5.75 Å². The summed E-state index contributed by atoms with van der Waals surface area (Å²) < 4.78 is 14.2. The quantitative estimate of drug-likeness (QED) is 0.380. The molecule has 1 unspecified atom stereocenters. The first-order valence-corrected chi connectivity index (χ1v) is 11.5. The van der Waals surface area contributed by atoms with Crippen molar-refractivity contribution in [1.82, 2.24) is 15.3 Å². The van der Waals surface area contributed by atoms with Crippen LogP contribution < -0.4 is 10.2 Å². The molecule has 8 heteroatoms. The number of aromatic nitrogens is 2. The van der Waals surface area contributed by atoms with Crippen molar-refractivity contribution >= 4 is 22.4 Å². The molecular formula is C27H24FN5O2. The summed E-state index contributed by atoms with van der Waals surface area (Å²) >= 11 is 0. The number of aromatic hydroxyl groups is 1. The highest BCUT2D eigenvalue weighted by atomic mass is 19.1. The Morgan fingerprint density at radius 2 is 2.06 bits per heavy atom. The van der Waals surface area contributed by atoms with Crippen LogP contribution in [0.4, 0.5) is 10.1 Å². The zero-order valence-corrected chi connectivity index (χ0v) is 19.0. The van der Waals surface area contributed by atoms with Crippen LogP contribution in [0.3, 0.4) is 0 Å². The van der Waals surface area contributed by atoms with Gasteiger partial charge in [0, 0.05) is 24.0 Å². The first-order valence-electron chi connectivity index (χ1n) is 11.5. The van der Waals surface area contributed by atoms with E-state index in [2.05, 4.69) is 15.3 Å². The number of phenolic OH excluding ortho intramolecular Hbond substituents is 1. The van der Waals surface area contributed by atoms with Gasteiger partial charge in [-0.15, -0.1) is 0 Å². The van der Waals surface area contributed by atoms with E-state index in [0.29, 0.717) is 43.5 Å². The first-order chi connectivity index (χ1) is 17.0. The summed E-state index contributed by atoms with van der Waals surface area (Å²) in [6.45, 7) is 1.03. The molecule has 1 fully saturated rings. The van der Waals surface area contributed by atoms with Crippen LogP contribution in [0, 0.1) is 17.1 Å². The van der Waals surface area contributed by atoms with Crippen LogP contribution in [-0.2, 0) is 24.2 Å². The molecule has 1 atom stereocenters. The number of halogens is 1. The van der Waals surface area contributed by atoms with E-state index in [-0.39, 0.29) is 17.7 Å². The minimum Gasteiger partial charge on any atom is -0.508 e. The monoisotopic (exact) mass is 469 g/mol. The van der Waals surface area contributed by atoms with Gasteiger partial charge in [0.25, 0.3) is 0 Å². The number of nitrogens with zero attached hydrogens (tertiary/aromatic N) is 3. The molecule has 1 aliphatic rings. The average molecular weight is 470 g/mol. The largest absolute Gasteiger partial charge is 0.508 e. The standard InChI is InChI=1S/C27H24FN5O2/c28-23-12-17(14-29)4-5-19(23)7-9-26-31-15-20(32-26)16-33(25-10-11-30-27(25)35)24-3-1-2-18-6-8-21(34)13-22(18)24/h1-6,8,12-13,15,25,34H,7,9-11,16H2,(H,30,35)(H,31,32). The average Bonchev–Trinajstić information content (AvgIpc) is 3.50. The van der Waals surface area contributed by atoms with Gasteiger partial charge < -0.3 is 20.3 Å². The van der Waals surface area contributed by atoms with Crippen LogP contribution in [0.2, 0.25) is 0 Å². The Bertz CT molecular complexity index is 1440. The summed E-state index contributed by atoms with van der Waals surface area (Å²) in [6.07, 6.45) is 3.37. The van der Waals surface area contributed by atoms with E-state index in [9.17, 15) is 14.3 Å². The molecule has 3 N–H and O–H groups in total. The number of benzene rings is 3. The van der Waals surface area contributed by atoms with Crippen molar-refractivity contribution in [2.24, 2.45) is 0 Å². The van der Waals surface area contributed by atoms with Gasteiger partial charge in [0.2, 0.25) is 5.91 Å². The lowest BCUT2D eigenvalue weighted by Crippen LogP contribution is -2.40. The Balaban J connectivity index is 1.39. The van der Waals surface area contributed by atoms with Crippen LogP contribution in [0.15, 0.2) is 60.8 Å². The molecule has 0 spiro atoms. The predicted molar refractivity (Wildman–Crippen MR) is 130 cm³/mol. The van der Waals surface area contributed by atoms with E-state index in [0.717, 1.165) is 28.0 Å². The molecule has 35 heavy (non-hydrogen) atoms. The lowest BCUT2D eigenvalue weighted by molar-refractivity contribution is -0.120. The maximum atomic E-state index is 14.2. The summed E-state index contributed by atoms with van der Waals surface area (Å²) in [6, 6.07) is 17.2. The summed E-state index contributed by atoms with van der Waals surface area (Å²) in [5.41, 5.74) is 2.51. The molecule has 0 aliphatic carbocycles. The number of nitrogens with one attached hydrogen (secondary N) is 2. The third kappa shape index (κ3) is 4.66. The highest BCUT2D eigenvalue weighted by Crippen LogP contribution is 2.33. The second-order valence-corrected chi connectivity index (χ2v) is 8.68. The fraction of sp³-hybridized carbons (Fsp3) is 0.222. The second-order valence-electron chi connectivity index (χ2n) is 8.68. The van der Waals surface area contributed by atoms with Crippen LogP contribution in [0.1, 0.15) is 29.1 Å². The number of H-pyrrole nitrogens is 1. The van der Waals surface area contributed by atoms with Crippen molar-refractivity contribution in [3.8, 4) is 11.8 Å². The molecule has 1 amide bonds.